The van der Waals surface area contributed by atoms with Crippen molar-refractivity contribution >= 4 is 38.6 Å². The summed E-state index contributed by atoms with van der Waals surface area (Å²) >= 11 is 3.54. The number of aromatic carboxylic acids is 1. The van der Waals surface area contributed by atoms with Gasteiger partial charge in [0.1, 0.15) is 17.4 Å². The second-order valence-electron chi connectivity index (χ2n) is 7.06. The minimum absolute atomic E-state index is 0.129. The SMILES string of the molecule is O=C(O)c1cc2c(Br)c(N3CCC(Oc4cccc(C(F)(F)F)c4)CC3)ccc2o1. The lowest BCUT2D eigenvalue weighted by Crippen LogP contribution is -2.38. The highest BCUT2D eigenvalue weighted by Gasteiger charge is 2.31. The molecule has 0 saturated carbocycles. The van der Waals surface area contributed by atoms with E-state index in [1.54, 1.807) is 6.07 Å². The Labute approximate surface area is 178 Å². The Morgan fingerprint density at radius 3 is 2.57 bits per heavy atom. The average Bonchev–Trinajstić information content (AvgIpc) is 3.14. The van der Waals surface area contributed by atoms with E-state index < -0.39 is 17.7 Å². The highest BCUT2D eigenvalue weighted by atomic mass is 79.9. The number of halogens is 4. The normalized spacial score (nSPS) is 15.5. The number of furan rings is 1. The number of nitrogens with zero attached hydrogens (tertiary/aromatic N) is 1. The summed E-state index contributed by atoms with van der Waals surface area (Å²) in [6.07, 6.45) is -3.29. The van der Waals surface area contributed by atoms with Crippen LogP contribution < -0.4 is 9.64 Å². The van der Waals surface area contributed by atoms with Crippen LogP contribution in [0.5, 0.6) is 5.75 Å². The van der Waals surface area contributed by atoms with Crippen molar-refractivity contribution in [1.82, 2.24) is 0 Å². The molecule has 3 aromatic rings. The molecule has 1 aromatic heterocycles. The maximum Gasteiger partial charge on any atom is 0.416 e. The van der Waals surface area contributed by atoms with Crippen LogP contribution in [0.3, 0.4) is 0 Å². The van der Waals surface area contributed by atoms with Gasteiger partial charge in [0.2, 0.25) is 5.76 Å². The van der Waals surface area contributed by atoms with Gasteiger partial charge in [-0.15, -0.1) is 0 Å². The lowest BCUT2D eigenvalue weighted by Gasteiger charge is -2.34. The number of piperidine rings is 1. The van der Waals surface area contributed by atoms with Crippen LogP contribution >= 0.6 is 15.9 Å². The zero-order valence-electron chi connectivity index (χ0n) is 15.6. The van der Waals surface area contributed by atoms with Crippen molar-refractivity contribution in [3.63, 3.8) is 0 Å². The van der Waals surface area contributed by atoms with Crippen LogP contribution in [0.15, 0.2) is 51.4 Å². The molecule has 30 heavy (non-hydrogen) atoms. The molecule has 1 N–H and O–H groups in total. The smallest absolute Gasteiger partial charge is 0.416 e. The Morgan fingerprint density at radius 1 is 1.17 bits per heavy atom. The molecular formula is C21H17BrF3NO4. The van der Waals surface area contributed by atoms with Crippen LogP contribution in [0, 0.1) is 0 Å². The Kier molecular flexibility index (Phi) is 5.40. The van der Waals surface area contributed by atoms with Crippen molar-refractivity contribution < 1.29 is 32.2 Å². The van der Waals surface area contributed by atoms with Gasteiger partial charge in [-0.2, -0.15) is 13.2 Å². The number of fused-ring (bicyclic) bond motifs is 1. The van der Waals surface area contributed by atoms with Gasteiger partial charge in [0.05, 0.1) is 15.7 Å². The standard InChI is InChI=1S/C21H17BrF3NO4/c22-19-15-11-18(20(27)28)30-17(15)5-4-16(19)26-8-6-13(7-9-26)29-14-3-1-2-12(10-14)21(23,24)25/h1-5,10-11,13H,6-9H2,(H,27,28). The molecule has 5 nitrogen and oxygen atoms in total. The van der Waals surface area contributed by atoms with Gasteiger partial charge in [0, 0.05) is 37.4 Å². The van der Waals surface area contributed by atoms with E-state index in [4.69, 9.17) is 14.3 Å². The number of carboxylic acid groups (broad SMARTS) is 1. The van der Waals surface area contributed by atoms with Gasteiger partial charge in [-0.25, -0.2) is 4.79 Å². The van der Waals surface area contributed by atoms with Crippen LogP contribution in [0.1, 0.15) is 29.0 Å². The topological polar surface area (TPSA) is 62.9 Å². The van der Waals surface area contributed by atoms with Gasteiger partial charge in [0.15, 0.2) is 0 Å². The zero-order chi connectivity index (χ0) is 21.5. The molecule has 1 fully saturated rings. The Balaban J connectivity index is 1.45. The number of ether oxygens (including phenoxy) is 1. The van der Waals surface area contributed by atoms with Crippen LogP contribution in [0.25, 0.3) is 11.0 Å². The van der Waals surface area contributed by atoms with E-state index in [1.165, 1.54) is 18.2 Å². The Morgan fingerprint density at radius 2 is 1.90 bits per heavy atom. The second-order valence-corrected chi connectivity index (χ2v) is 7.85. The molecule has 9 heteroatoms. The molecule has 0 atom stereocenters. The van der Waals surface area contributed by atoms with Gasteiger partial charge in [-0.05, 0) is 46.3 Å². The fraction of sp³-hybridized carbons (Fsp3) is 0.286. The summed E-state index contributed by atoms with van der Waals surface area (Å²) in [5, 5.41) is 9.78. The van der Waals surface area contributed by atoms with Gasteiger partial charge >= 0.3 is 12.1 Å². The van der Waals surface area contributed by atoms with Crippen molar-refractivity contribution in [2.24, 2.45) is 0 Å². The quantitative estimate of drug-likeness (QED) is 0.495. The van der Waals surface area contributed by atoms with Crippen LogP contribution in [0.4, 0.5) is 18.9 Å². The number of alkyl halides is 3. The molecule has 2 aromatic carbocycles. The average molecular weight is 484 g/mol. The van der Waals surface area contributed by atoms with E-state index in [1.807, 2.05) is 6.07 Å². The van der Waals surface area contributed by atoms with E-state index in [0.29, 0.717) is 36.9 Å². The van der Waals surface area contributed by atoms with Gasteiger partial charge < -0.3 is 19.2 Å². The van der Waals surface area contributed by atoms with Crippen molar-refractivity contribution in [2.75, 3.05) is 18.0 Å². The molecule has 0 amide bonds. The summed E-state index contributed by atoms with van der Waals surface area (Å²) in [7, 11) is 0. The summed E-state index contributed by atoms with van der Waals surface area (Å²) in [6, 6.07) is 9.99. The predicted molar refractivity (Wildman–Crippen MR) is 108 cm³/mol. The van der Waals surface area contributed by atoms with Crippen LogP contribution in [-0.2, 0) is 6.18 Å². The largest absolute Gasteiger partial charge is 0.490 e. The molecule has 4 rings (SSSR count). The molecule has 0 unspecified atom stereocenters. The molecule has 158 valence electrons. The van der Waals surface area contributed by atoms with Gasteiger partial charge in [-0.1, -0.05) is 6.07 Å². The minimum Gasteiger partial charge on any atom is -0.490 e. The van der Waals surface area contributed by atoms with Gasteiger partial charge in [0.25, 0.3) is 0 Å². The fourth-order valence-electron chi connectivity index (χ4n) is 3.57. The predicted octanol–water partition coefficient (Wildman–Crippen LogP) is 5.96. The molecule has 0 spiro atoms. The second kappa shape index (κ2) is 7.86. The summed E-state index contributed by atoms with van der Waals surface area (Å²) in [6.45, 7) is 1.30. The van der Waals surface area contributed by atoms with Crippen molar-refractivity contribution in [1.29, 1.82) is 0 Å². The zero-order valence-corrected chi connectivity index (χ0v) is 17.2. The number of rotatable bonds is 4. The third kappa shape index (κ3) is 4.12. The number of hydrogen-bond acceptors (Lipinski definition) is 4. The third-order valence-corrected chi connectivity index (χ3v) is 5.91. The molecule has 2 heterocycles. The van der Waals surface area contributed by atoms with E-state index >= 15 is 0 Å². The highest BCUT2D eigenvalue weighted by molar-refractivity contribution is 9.10. The summed E-state index contributed by atoms with van der Waals surface area (Å²) in [5.41, 5.74) is 0.652. The lowest BCUT2D eigenvalue weighted by atomic mass is 10.1. The maximum absolute atomic E-state index is 12.9. The Bertz CT molecular complexity index is 1090. The molecule has 0 aliphatic carbocycles. The molecule has 1 aliphatic rings. The monoisotopic (exact) mass is 483 g/mol. The van der Waals surface area contributed by atoms with Crippen molar-refractivity contribution in [3.05, 3.63) is 58.3 Å². The third-order valence-electron chi connectivity index (χ3n) is 5.07. The molecule has 0 bridgehead atoms. The number of carbonyl (C=O) groups is 1. The van der Waals surface area contributed by atoms with Crippen molar-refractivity contribution in [2.45, 2.75) is 25.1 Å². The van der Waals surface area contributed by atoms with Gasteiger partial charge in [-0.3, -0.25) is 0 Å². The Hall–Kier alpha value is -2.68. The number of hydrogen-bond donors (Lipinski definition) is 1. The van der Waals surface area contributed by atoms with E-state index in [9.17, 15) is 18.0 Å². The lowest BCUT2D eigenvalue weighted by molar-refractivity contribution is -0.137. The minimum atomic E-state index is -4.40. The number of anilines is 1. The van der Waals surface area contributed by atoms with Crippen LogP contribution in [0.2, 0.25) is 0 Å². The first-order chi connectivity index (χ1) is 14.2. The highest BCUT2D eigenvalue weighted by Crippen LogP contribution is 2.37. The van der Waals surface area contributed by atoms with E-state index in [2.05, 4.69) is 20.8 Å². The van der Waals surface area contributed by atoms with Crippen LogP contribution in [-0.4, -0.2) is 30.3 Å². The summed E-state index contributed by atoms with van der Waals surface area (Å²) in [5.74, 6) is -1.05. The first kappa shape index (κ1) is 20.6. The summed E-state index contributed by atoms with van der Waals surface area (Å²) < 4.78 is 50.5. The molecule has 0 radical (unpaired) electrons. The number of carboxylic acids is 1. The molecular weight excluding hydrogens is 467 g/mol. The summed E-state index contributed by atoms with van der Waals surface area (Å²) in [4.78, 5) is 13.3. The van der Waals surface area contributed by atoms with Crippen molar-refractivity contribution in [3.8, 4) is 5.75 Å². The first-order valence-corrected chi connectivity index (χ1v) is 10.1. The molecule has 1 saturated heterocycles. The first-order valence-electron chi connectivity index (χ1n) is 9.26. The number of benzene rings is 2. The van der Waals surface area contributed by atoms with E-state index in [0.717, 1.165) is 22.3 Å². The fourth-order valence-corrected chi connectivity index (χ4v) is 4.26. The van der Waals surface area contributed by atoms with E-state index in [-0.39, 0.29) is 17.6 Å². The molecule has 1 aliphatic heterocycles. The maximum atomic E-state index is 12.9.